The molecule has 1 unspecified atom stereocenters. The van der Waals surface area contributed by atoms with E-state index in [0.717, 1.165) is 12.0 Å². The Morgan fingerprint density at radius 3 is 2.68 bits per heavy atom. The van der Waals surface area contributed by atoms with Gasteiger partial charge >= 0.3 is 6.09 Å². The Labute approximate surface area is 114 Å². The first-order valence-corrected chi connectivity index (χ1v) is 6.65. The number of amides is 1. The fourth-order valence-electron chi connectivity index (χ4n) is 2.31. The number of aliphatic hydroxyl groups is 1. The van der Waals surface area contributed by atoms with Gasteiger partial charge in [0, 0.05) is 19.0 Å². The molecule has 1 aromatic carbocycles. The Bertz CT molecular complexity index is 425. The van der Waals surface area contributed by atoms with Crippen LogP contribution in [0.25, 0.3) is 0 Å². The fourth-order valence-corrected chi connectivity index (χ4v) is 2.31. The summed E-state index contributed by atoms with van der Waals surface area (Å²) in [4.78, 5) is 13.6. The number of nitrogens with zero attached hydrogens (tertiary/aromatic N) is 1. The number of hydrogen-bond acceptors (Lipinski definition) is 3. The van der Waals surface area contributed by atoms with Crippen molar-refractivity contribution < 1.29 is 14.6 Å². The van der Waals surface area contributed by atoms with E-state index in [0.29, 0.717) is 19.7 Å². The number of rotatable bonds is 3. The van der Waals surface area contributed by atoms with E-state index in [9.17, 15) is 9.90 Å². The van der Waals surface area contributed by atoms with Crippen molar-refractivity contribution in [3.8, 4) is 0 Å². The predicted molar refractivity (Wildman–Crippen MR) is 72.6 cm³/mol. The van der Waals surface area contributed by atoms with E-state index in [2.05, 4.69) is 0 Å². The molecule has 0 spiro atoms. The average Bonchev–Trinajstić information content (AvgIpc) is 2.87. The van der Waals surface area contributed by atoms with Gasteiger partial charge in [-0.25, -0.2) is 4.79 Å². The summed E-state index contributed by atoms with van der Waals surface area (Å²) < 4.78 is 5.28. The average molecular weight is 263 g/mol. The van der Waals surface area contributed by atoms with Crippen molar-refractivity contribution in [1.82, 2.24) is 4.90 Å². The molecule has 19 heavy (non-hydrogen) atoms. The Morgan fingerprint density at radius 2 is 2.11 bits per heavy atom. The van der Waals surface area contributed by atoms with Gasteiger partial charge in [-0.05, 0) is 25.8 Å². The summed E-state index contributed by atoms with van der Waals surface area (Å²) >= 11 is 0. The second kappa shape index (κ2) is 5.61. The lowest BCUT2D eigenvalue weighted by atomic mass is 9.91. The summed E-state index contributed by atoms with van der Waals surface area (Å²) in [6.07, 6.45) is 0.528. The van der Waals surface area contributed by atoms with Crippen molar-refractivity contribution in [2.75, 3.05) is 13.1 Å². The Morgan fingerprint density at radius 1 is 1.42 bits per heavy atom. The lowest BCUT2D eigenvalue weighted by Gasteiger charge is -2.25. The minimum absolute atomic E-state index is 0.122. The summed E-state index contributed by atoms with van der Waals surface area (Å²) in [5, 5.41) is 9.95. The zero-order chi connectivity index (χ0) is 13.9. The Kier molecular flexibility index (Phi) is 4.10. The SMILES string of the molecule is CC(C)(O)C1CCN(C(=O)OCc2ccccc2)C1. The molecule has 1 amide bonds. The van der Waals surface area contributed by atoms with Gasteiger partial charge in [-0.15, -0.1) is 0 Å². The summed E-state index contributed by atoms with van der Waals surface area (Å²) in [7, 11) is 0. The molecule has 2 rings (SSSR count). The van der Waals surface area contributed by atoms with Gasteiger partial charge in [0.05, 0.1) is 5.60 Å². The van der Waals surface area contributed by atoms with Crippen LogP contribution in [0.5, 0.6) is 0 Å². The van der Waals surface area contributed by atoms with Gasteiger partial charge in [0.2, 0.25) is 0 Å². The minimum Gasteiger partial charge on any atom is -0.445 e. The van der Waals surface area contributed by atoms with Gasteiger partial charge in [-0.1, -0.05) is 30.3 Å². The van der Waals surface area contributed by atoms with E-state index >= 15 is 0 Å². The number of carbonyl (C=O) groups excluding carboxylic acids is 1. The highest BCUT2D eigenvalue weighted by molar-refractivity contribution is 5.68. The molecular formula is C15H21NO3. The van der Waals surface area contributed by atoms with Crippen molar-refractivity contribution in [2.24, 2.45) is 5.92 Å². The van der Waals surface area contributed by atoms with E-state index in [1.165, 1.54) is 0 Å². The maximum absolute atomic E-state index is 11.9. The van der Waals surface area contributed by atoms with Crippen LogP contribution in [0.4, 0.5) is 4.79 Å². The van der Waals surface area contributed by atoms with Crippen molar-refractivity contribution in [1.29, 1.82) is 0 Å². The Hall–Kier alpha value is -1.55. The third-order valence-electron chi connectivity index (χ3n) is 3.65. The molecular weight excluding hydrogens is 242 g/mol. The first-order chi connectivity index (χ1) is 8.97. The summed E-state index contributed by atoms with van der Waals surface area (Å²) in [6, 6.07) is 9.63. The molecule has 1 atom stereocenters. The zero-order valence-electron chi connectivity index (χ0n) is 11.5. The van der Waals surface area contributed by atoms with Crippen LogP contribution < -0.4 is 0 Å². The molecule has 0 aliphatic carbocycles. The summed E-state index contributed by atoms with van der Waals surface area (Å²) in [5.74, 6) is 0.122. The molecule has 1 N–H and O–H groups in total. The third kappa shape index (κ3) is 3.70. The van der Waals surface area contributed by atoms with E-state index in [1.54, 1.807) is 18.7 Å². The molecule has 0 radical (unpaired) electrons. The molecule has 104 valence electrons. The highest BCUT2D eigenvalue weighted by Crippen LogP contribution is 2.27. The molecule has 4 heteroatoms. The van der Waals surface area contributed by atoms with Crippen molar-refractivity contribution in [2.45, 2.75) is 32.5 Å². The van der Waals surface area contributed by atoms with Gasteiger partial charge in [-0.2, -0.15) is 0 Å². The highest BCUT2D eigenvalue weighted by atomic mass is 16.6. The Balaban J connectivity index is 1.82. The van der Waals surface area contributed by atoms with Crippen LogP contribution in [0.1, 0.15) is 25.8 Å². The van der Waals surface area contributed by atoms with Gasteiger partial charge < -0.3 is 14.7 Å². The lowest BCUT2D eigenvalue weighted by Crippen LogP contribution is -2.35. The largest absolute Gasteiger partial charge is 0.445 e. The first kappa shape index (κ1) is 13.9. The maximum atomic E-state index is 11.9. The summed E-state index contributed by atoms with van der Waals surface area (Å²) in [6.45, 7) is 5.09. The predicted octanol–water partition coefficient (Wildman–Crippen LogP) is 2.42. The van der Waals surface area contributed by atoms with E-state index in [4.69, 9.17) is 4.74 Å². The standard InChI is InChI=1S/C15H21NO3/c1-15(2,18)13-8-9-16(10-13)14(17)19-11-12-6-4-3-5-7-12/h3-7,13,18H,8-11H2,1-2H3. The van der Waals surface area contributed by atoms with Crippen LogP contribution in [0.3, 0.4) is 0 Å². The smallest absolute Gasteiger partial charge is 0.410 e. The molecule has 1 aliphatic heterocycles. The number of ether oxygens (including phenoxy) is 1. The fraction of sp³-hybridized carbons (Fsp3) is 0.533. The lowest BCUT2D eigenvalue weighted by molar-refractivity contribution is 0.0203. The number of benzene rings is 1. The second-order valence-electron chi connectivity index (χ2n) is 5.63. The van der Waals surface area contributed by atoms with Gasteiger partial charge in [0.1, 0.15) is 6.61 Å². The topological polar surface area (TPSA) is 49.8 Å². The van der Waals surface area contributed by atoms with Crippen LogP contribution in [-0.4, -0.2) is 34.8 Å². The monoisotopic (exact) mass is 263 g/mol. The zero-order valence-corrected chi connectivity index (χ0v) is 11.5. The third-order valence-corrected chi connectivity index (χ3v) is 3.65. The molecule has 0 aromatic heterocycles. The molecule has 1 aliphatic rings. The molecule has 1 aromatic rings. The van der Waals surface area contributed by atoms with Crippen LogP contribution in [-0.2, 0) is 11.3 Å². The normalized spacial score (nSPS) is 19.5. The molecule has 1 heterocycles. The number of carbonyl (C=O) groups is 1. The van der Waals surface area contributed by atoms with E-state index < -0.39 is 5.60 Å². The van der Waals surface area contributed by atoms with E-state index in [1.807, 2.05) is 30.3 Å². The molecule has 0 saturated carbocycles. The quantitative estimate of drug-likeness (QED) is 0.911. The first-order valence-electron chi connectivity index (χ1n) is 6.65. The van der Waals surface area contributed by atoms with Crippen LogP contribution in [0.15, 0.2) is 30.3 Å². The van der Waals surface area contributed by atoms with Crippen LogP contribution in [0, 0.1) is 5.92 Å². The van der Waals surface area contributed by atoms with Crippen LogP contribution in [0.2, 0.25) is 0 Å². The molecule has 1 fully saturated rings. The van der Waals surface area contributed by atoms with Crippen LogP contribution >= 0.6 is 0 Å². The van der Waals surface area contributed by atoms with Crippen molar-refractivity contribution in [3.05, 3.63) is 35.9 Å². The van der Waals surface area contributed by atoms with Crippen molar-refractivity contribution >= 4 is 6.09 Å². The van der Waals surface area contributed by atoms with Gasteiger partial charge in [0.25, 0.3) is 0 Å². The molecule has 0 bridgehead atoms. The van der Waals surface area contributed by atoms with Crippen molar-refractivity contribution in [3.63, 3.8) is 0 Å². The summed E-state index contributed by atoms with van der Waals surface area (Å²) in [5.41, 5.74) is 0.239. The second-order valence-corrected chi connectivity index (χ2v) is 5.63. The maximum Gasteiger partial charge on any atom is 0.410 e. The number of likely N-dealkylation sites (tertiary alicyclic amines) is 1. The molecule has 1 saturated heterocycles. The van der Waals surface area contributed by atoms with Gasteiger partial charge in [-0.3, -0.25) is 0 Å². The van der Waals surface area contributed by atoms with Gasteiger partial charge in [0.15, 0.2) is 0 Å². The minimum atomic E-state index is -0.742. The van der Waals surface area contributed by atoms with E-state index in [-0.39, 0.29) is 12.0 Å². The molecule has 4 nitrogen and oxygen atoms in total. The number of hydrogen-bond donors (Lipinski definition) is 1. The highest BCUT2D eigenvalue weighted by Gasteiger charge is 2.35.